The summed E-state index contributed by atoms with van der Waals surface area (Å²) in [5.41, 5.74) is 1.25. The Kier molecular flexibility index (Phi) is 6.31. The second-order valence-electron chi connectivity index (χ2n) is 11.2. The van der Waals surface area contributed by atoms with E-state index in [0.29, 0.717) is 22.9 Å². The number of thioether (sulfide) groups is 1. The maximum absolute atomic E-state index is 15.1. The van der Waals surface area contributed by atoms with Crippen molar-refractivity contribution < 1.29 is 22.4 Å². The Labute approximate surface area is 231 Å². The molecular formula is C26H31FN6O4S2. The Morgan fingerprint density at radius 1 is 1.21 bits per heavy atom. The normalized spacial score (nSPS) is 24.2. The zero-order chi connectivity index (χ0) is 27.7. The lowest BCUT2D eigenvalue weighted by Crippen LogP contribution is -2.58. The van der Waals surface area contributed by atoms with E-state index >= 15 is 4.39 Å². The largest absolute Gasteiger partial charge is 0.369 e. The summed E-state index contributed by atoms with van der Waals surface area (Å²) in [5.74, 6) is -1.70. The predicted octanol–water partition coefficient (Wildman–Crippen LogP) is 3.12. The molecule has 1 saturated heterocycles. The molecule has 4 aliphatic rings. The van der Waals surface area contributed by atoms with Gasteiger partial charge in [0.1, 0.15) is 15.4 Å². The summed E-state index contributed by atoms with van der Waals surface area (Å²) in [6.07, 6.45) is 8.32. The minimum Gasteiger partial charge on any atom is -0.369 e. The first-order valence-corrected chi connectivity index (χ1v) is 15.3. The van der Waals surface area contributed by atoms with Gasteiger partial charge in [0.2, 0.25) is 15.9 Å². The van der Waals surface area contributed by atoms with Crippen molar-refractivity contribution in [3.05, 3.63) is 57.9 Å². The summed E-state index contributed by atoms with van der Waals surface area (Å²) in [6, 6.07) is 4.70. The molecule has 0 spiro atoms. The van der Waals surface area contributed by atoms with Crippen molar-refractivity contribution in [2.75, 3.05) is 11.9 Å². The summed E-state index contributed by atoms with van der Waals surface area (Å²) in [7, 11) is -0.249. The second kappa shape index (κ2) is 9.34. The molecular weight excluding hydrogens is 543 g/mol. The lowest BCUT2D eigenvalue weighted by atomic mass is 10.0. The topological polar surface area (TPSA) is 108 Å². The van der Waals surface area contributed by atoms with Crippen LogP contribution in [0.4, 0.5) is 14.9 Å². The Morgan fingerprint density at radius 3 is 2.56 bits per heavy atom. The summed E-state index contributed by atoms with van der Waals surface area (Å²) >= 11 is 0.992. The van der Waals surface area contributed by atoms with Crippen LogP contribution in [0.15, 0.2) is 40.9 Å². The monoisotopic (exact) mass is 574 g/mol. The number of sulfonamides is 1. The van der Waals surface area contributed by atoms with Crippen molar-refractivity contribution >= 4 is 39.4 Å². The van der Waals surface area contributed by atoms with E-state index in [4.69, 9.17) is 0 Å². The number of carbonyl (C=O) groups excluding carboxylic acids is 2. The molecule has 2 aromatic rings. The van der Waals surface area contributed by atoms with Gasteiger partial charge in [-0.1, -0.05) is 17.8 Å². The van der Waals surface area contributed by atoms with Crippen LogP contribution >= 0.6 is 11.8 Å². The van der Waals surface area contributed by atoms with Crippen molar-refractivity contribution in [3.8, 4) is 0 Å². The van der Waals surface area contributed by atoms with Crippen LogP contribution < -0.4 is 9.62 Å². The van der Waals surface area contributed by atoms with E-state index in [9.17, 15) is 18.0 Å². The third kappa shape index (κ3) is 5.07. The number of hydrogen-bond acceptors (Lipinski definition) is 7. The lowest BCUT2D eigenvalue weighted by Gasteiger charge is -2.41. The van der Waals surface area contributed by atoms with Gasteiger partial charge in [0.05, 0.1) is 24.3 Å². The molecule has 6 rings (SSSR count). The number of rotatable bonds is 9. The van der Waals surface area contributed by atoms with Gasteiger partial charge in [0.15, 0.2) is 0 Å². The van der Waals surface area contributed by atoms with Crippen LogP contribution in [0, 0.1) is 11.7 Å². The summed E-state index contributed by atoms with van der Waals surface area (Å²) < 4.78 is 45.8. The van der Waals surface area contributed by atoms with E-state index in [1.807, 2.05) is 18.9 Å². The van der Waals surface area contributed by atoms with Crippen molar-refractivity contribution in [2.45, 2.75) is 62.7 Å². The number of benzene rings is 1. The Hall–Kier alpha value is -2.90. The number of nitrogens with zero attached hydrogens (tertiary/aromatic N) is 5. The van der Waals surface area contributed by atoms with E-state index in [2.05, 4.69) is 9.82 Å². The molecule has 39 heavy (non-hydrogen) atoms. The number of urea groups is 1. The molecule has 2 atom stereocenters. The van der Waals surface area contributed by atoms with Gasteiger partial charge in [0, 0.05) is 44.0 Å². The van der Waals surface area contributed by atoms with Crippen LogP contribution in [-0.4, -0.2) is 63.9 Å². The minimum atomic E-state index is -3.86. The van der Waals surface area contributed by atoms with Gasteiger partial charge in [-0.25, -0.2) is 22.3 Å². The first-order chi connectivity index (χ1) is 18.4. The van der Waals surface area contributed by atoms with Crippen LogP contribution in [0.3, 0.4) is 0 Å². The molecule has 0 radical (unpaired) electrons. The van der Waals surface area contributed by atoms with E-state index in [-0.39, 0.29) is 23.1 Å². The van der Waals surface area contributed by atoms with Crippen LogP contribution in [0.1, 0.15) is 43.7 Å². The van der Waals surface area contributed by atoms with Gasteiger partial charge in [-0.05, 0) is 56.4 Å². The number of fused-ring (bicyclic) bond motifs is 1. The van der Waals surface area contributed by atoms with Gasteiger partial charge in [-0.2, -0.15) is 5.10 Å². The number of aromatic nitrogens is 2. The number of aryl methyl sites for hydroxylation is 1. The molecule has 2 aliphatic heterocycles. The highest BCUT2D eigenvalue weighted by Crippen LogP contribution is 2.47. The Morgan fingerprint density at radius 2 is 1.95 bits per heavy atom. The van der Waals surface area contributed by atoms with E-state index < -0.39 is 38.8 Å². The van der Waals surface area contributed by atoms with Crippen LogP contribution in [0.2, 0.25) is 0 Å². The molecule has 208 valence electrons. The number of halogens is 1. The summed E-state index contributed by atoms with van der Waals surface area (Å²) in [6.45, 7) is 1.87. The predicted molar refractivity (Wildman–Crippen MR) is 145 cm³/mol. The van der Waals surface area contributed by atoms with Crippen LogP contribution in [-0.2, 0) is 35.0 Å². The minimum absolute atomic E-state index is 0.00161. The summed E-state index contributed by atoms with van der Waals surface area (Å²) in [4.78, 5) is 31.8. The van der Waals surface area contributed by atoms with Gasteiger partial charge >= 0.3 is 6.03 Å². The highest BCUT2D eigenvalue weighted by molar-refractivity contribution is 8.18. The lowest BCUT2D eigenvalue weighted by molar-refractivity contribution is -0.135. The fourth-order valence-corrected chi connectivity index (χ4v) is 8.40. The molecule has 10 nitrogen and oxygen atoms in total. The standard InChI is InChI=1S/C26H31FN6O4S2/c1-26(8-9-26)29-39(36,37)22-11-19-23(34)32(15-17-12-28-30(2)13-17)25(35)33(24(19)38-22)14-16-4-7-21(20(27)10-16)31(3)18-5-6-18/h4,7,10-13,18-19,24,29H,5-6,8-9,14-15H2,1-3H3. The quantitative estimate of drug-likeness (QED) is 0.490. The first-order valence-electron chi connectivity index (χ1n) is 13.0. The number of anilines is 1. The van der Waals surface area contributed by atoms with E-state index in [1.54, 1.807) is 36.3 Å². The molecule has 3 heterocycles. The van der Waals surface area contributed by atoms with Crippen molar-refractivity contribution in [2.24, 2.45) is 13.0 Å². The number of hydrogen-bond donors (Lipinski definition) is 1. The second-order valence-corrected chi connectivity index (χ2v) is 14.2. The first kappa shape index (κ1) is 26.3. The van der Waals surface area contributed by atoms with Crippen molar-refractivity contribution in [3.63, 3.8) is 0 Å². The van der Waals surface area contributed by atoms with Gasteiger partial charge in [0.25, 0.3) is 0 Å². The smallest absolute Gasteiger partial charge is 0.328 e. The number of nitrogens with one attached hydrogen (secondary N) is 1. The molecule has 0 bridgehead atoms. The third-order valence-electron chi connectivity index (χ3n) is 7.78. The third-order valence-corrected chi connectivity index (χ3v) is 11.3. The maximum Gasteiger partial charge on any atom is 0.328 e. The average molecular weight is 575 g/mol. The van der Waals surface area contributed by atoms with Crippen molar-refractivity contribution in [1.29, 1.82) is 0 Å². The van der Waals surface area contributed by atoms with Gasteiger partial charge < -0.3 is 9.80 Å². The highest BCUT2D eigenvalue weighted by Gasteiger charge is 2.52. The SMILES string of the molecule is CN(c1ccc(CN2C(=O)N(Cc3cnn(C)c3)C(=O)C3C=C(S(=O)(=O)NC4(C)CC4)SC32)cc1F)C1CC1. The molecule has 3 fully saturated rings. The Balaban J connectivity index is 1.30. The highest BCUT2D eigenvalue weighted by atomic mass is 32.3. The van der Waals surface area contributed by atoms with Gasteiger partial charge in [-0.3, -0.25) is 14.4 Å². The fraction of sp³-hybridized carbons (Fsp3) is 0.500. The molecule has 1 N–H and O–H groups in total. The molecule has 2 unspecified atom stereocenters. The molecule has 3 amide bonds. The molecule has 2 saturated carbocycles. The molecule has 1 aromatic heterocycles. The van der Waals surface area contributed by atoms with Gasteiger partial charge in [-0.15, -0.1) is 0 Å². The Bertz CT molecular complexity index is 1480. The zero-order valence-corrected chi connectivity index (χ0v) is 23.6. The van der Waals surface area contributed by atoms with Crippen LogP contribution in [0.5, 0.6) is 0 Å². The summed E-state index contributed by atoms with van der Waals surface area (Å²) in [5, 5.41) is 3.36. The number of amides is 3. The zero-order valence-electron chi connectivity index (χ0n) is 22.0. The number of carbonyl (C=O) groups is 2. The number of imide groups is 1. The molecule has 13 heteroatoms. The molecule has 2 aliphatic carbocycles. The average Bonchev–Trinajstić information content (AvgIpc) is 3.76. The van der Waals surface area contributed by atoms with E-state index in [0.717, 1.165) is 42.3 Å². The fourth-order valence-electron chi connectivity index (χ4n) is 5.10. The van der Waals surface area contributed by atoms with Crippen LogP contribution in [0.25, 0.3) is 0 Å². The molecule has 1 aromatic carbocycles. The van der Waals surface area contributed by atoms with E-state index in [1.165, 1.54) is 17.0 Å². The maximum atomic E-state index is 15.1. The van der Waals surface area contributed by atoms with Crippen molar-refractivity contribution in [1.82, 2.24) is 24.3 Å².